The Kier molecular flexibility index (Phi) is 8.31. The molecule has 1 unspecified atom stereocenters. The highest BCUT2D eigenvalue weighted by Gasteiger charge is 2.23. The molecule has 0 radical (unpaired) electrons. The van der Waals surface area contributed by atoms with E-state index in [0.29, 0.717) is 38.7 Å². The van der Waals surface area contributed by atoms with Gasteiger partial charge in [-0.3, -0.25) is 9.69 Å². The van der Waals surface area contributed by atoms with Gasteiger partial charge in [0.25, 0.3) is 5.91 Å². The maximum absolute atomic E-state index is 13.0. The lowest BCUT2D eigenvalue weighted by Gasteiger charge is -2.34. The van der Waals surface area contributed by atoms with Crippen molar-refractivity contribution in [3.05, 3.63) is 94.9 Å². The van der Waals surface area contributed by atoms with Crippen molar-refractivity contribution in [1.29, 1.82) is 0 Å². The van der Waals surface area contributed by atoms with Crippen LogP contribution in [0.15, 0.2) is 84.5 Å². The van der Waals surface area contributed by atoms with Gasteiger partial charge in [-0.15, -0.1) is 11.3 Å². The number of hydrogen-bond acceptors (Lipinski definition) is 7. The molecule has 8 heteroatoms. The lowest BCUT2D eigenvalue weighted by molar-refractivity contribution is -0.133. The van der Waals surface area contributed by atoms with E-state index in [9.17, 15) is 4.79 Å². The molecule has 1 amide bonds. The van der Waals surface area contributed by atoms with Crippen molar-refractivity contribution >= 4 is 23.2 Å². The van der Waals surface area contributed by atoms with Crippen molar-refractivity contribution in [1.82, 2.24) is 19.8 Å². The minimum absolute atomic E-state index is 0.00276. The van der Waals surface area contributed by atoms with Gasteiger partial charge >= 0.3 is 0 Å². The summed E-state index contributed by atoms with van der Waals surface area (Å²) in [5.74, 6) is 1.46. The second kappa shape index (κ2) is 12.2. The van der Waals surface area contributed by atoms with E-state index in [2.05, 4.69) is 75.5 Å². The summed E-state index contributed by atoms with van der Waals surface area (Å²) in [5.41, 5.74) is 3.36. The summed E-state index contributed by atoms with van der Waals surface area (Å²) in [6.45, 7) is 5.61. The second-order valence-corrected chi connectivity index (χ2v) is 10.5. The molecule has 0 saturated carbocycles. The maximum atomic E-state index is 13.0. The molecule has 1 atom stereocenters. The topological polar surface area (TPSA) is 61.8 Å². The number of carbonyl (C=O) groups excluding carboxylic acids is 1. The minimum atomic E-state index is -0.00276. The maximum Gasteiger partial charge on any atom is 0.260 e. The predicted octanol–water partition coefficient (Wildman–Crippen LogP) is 5.13. The Morgan fingerprint density at radius 3 is 2.45 bits per heavy atom. The number of hydrogen-bond donors (Lipinski definition) is 0. The van der Waals surface area contributed by atoms with Gasteiger partial charge in [0.05, 0.1) is 0 Å². The number of thiophene rings is 1. The number of ether oxygens (including phenoxy) is 1. The Bertz CT molecular complexity index is 1310. The summed E-state index contributed by atoms with van der Waals surface area (Å²) in [7, 11) is 2.13. The molecule has 5 rings (SSSR count). The van der Waals surface area contributed by atoms with Gasteiger partial charge in [0.15, 0.2) is 6.61 Å². The van der Waals surface area contributed by atoms with Crippen LogP contribution >= 0.6 is 11.3 Å². The summed E-state index contributed by atoms with van der Waals surface area (Å²) < 4.78 is 6.17. The summed E-state index contributed by atoms with van der Waals surface area (Å²) in [4.78, 5) is 29.3. The zero-order valence-corrected chi connectivity index (χ0v) is 22.7. The van der Waals surface area contributed by atoms with Gasteiger partial charge < -0.3 is 14.5 Å². The third-order valence-corrected chi connectivity index (χ3v) is 8.06. The summed E-state index contributed by atoms with van der Waals surface area (Å²) in [6.07, 6.45) is 3.49. The second-order valence-electron chi connectivity index (χ2n) is 9.50. The monoisotopic (exact) mass is 527 g/mol. The van der Waals surface area contributed by atoms with Crippen molar-refractivity contribution in [3.63, 3.8) is 0 Å². The molecule has 38 heavy (non-hydrogen) atoms. The average Bonchev–Trinajstić information content (AvgIpc) is 3.52. The number of rotatable bonds is 9. The molecular formula is C30H33N5O2S. The lowest BCUT2D eigenvalue weighted by atomic mass is 10.0. The number of benzene rings is 2. The highest BCUT2D eigenvalue weighted by molar-refractivity contribution is 7.10. The molecule has 0 aliphatic carbocycles. The van der Waals surface area contributed by atoms with Crippen LogP contribution in [0.2, 0.25) is 0 Å². The Morgan fingerprint density at radius 2 is 1.74 bits per heavy atom. The summed E-state index contributed by atoms with van der Waals surface area (Å²) in [6, 6.07) is 22.9. The lowest BCUT2D eigenvalue weighted by Crippen LogP contribution is -2.50. The van der Waals surface area contributed by atoms with E-state index in [0.717, 1.165) is 22.4 Å². The van der Waals surface area contributed by atoms with E-state index in [-0.39, 0.29) is 18.6 Å². The summed E-state index contributed by atoms with van der Waals surface area (Å²) >= 11 is 1.77. The zero-order chi connectivity index (χ0) is 26.3. The molecule has 1 aliphatic rings. The third-order valence-electron chi connectivity index (χ3n) is 7.02. The highest BCUT2D eigenvalue weighted by Crippen LogP contribution is 2.31. The quantitative estimate of drug-likeness (QED) is 0.301. The van der Waals surface area contributed by atoms with Crippen molar-refractivity contribution in [2.45, 2.75) is 19.5 Å². The number of nitrogens with zero attached hydrogens (tertiary/aromatic N) is 5. The minimum Gasteiger partial charge on any atom is -0.483 e. The van der Waals surface area contributed by atoms with Crippen molar-refractivity contribution in [2.24, 2.45) is 0 Å². The molecule has 0 bridgehead atoms. The molecule has 2 aromatic carbocycles. The van der Waals surface area contributed by atoms with E-state index in [1.54, 1.807) is 23.7 Å². The van der Waals surface area contributed by atoms with E-state index in [4.69, 9.17) is 4.74 Å². The Hall–Kier alpha value is -3.75. The average molecular weight is 528 g/mol. The molecule has 196 valence electrons. The standard InChI is InChI=1S/C30H33N5O2S/c1-23(28-10-6-19-38-28)33(2)21-26-20-25(24-8-4-3-5-9-24)11-12-27(26)37-22-29(36)34-15-17-35(18-16-34)30-31-13-7-14-32-30/h3-14,19-20,23H,15-18,21-22H2,1-2H3. The molecule has 1 aliphatic heterocycles. The largest absolute Gasteiger partial charge is 0.483 e. The van der Waals surface area contributed by atoms with Gasteiger partial charge in [0.1, 0.15) is 5.75 Å². The molecule has 4 aromatic rings. The summed E-state index contributed by atoms with van der Waals surface area (Å²) in [5, 5.41) is 2.11. The first-order valence-corrected chi connectivity index (χ1v) is 13.8. The van der Waals surface area contributed by atoms with E-state index in [1.807, 2.05) is 35.2 Å². The van der Waals surface area contributed by atoms with Crippen LogP contribution in [0.4, 0.5) is 5.95 Å². The SMILES string of the molecule is CC(c1cccs1)N(C)Cc1cc(-c2ccccc2)ccc1OCC(=O)N1CCN(c2ncccn2)CC1. The molecule has 0 N–H and O–H groups in total. The molecular weight excluding hydrogens is 494 g/mol. The number of amides is 1. The van der Waals surface area contributed by atoms with Crippen molar-refractivity contribution in [3.8, 4) is 16.9 Å². The van der Waals surface area contributed by atoms with Crippen LogP contribution in [-0.4, -0.2) is 65.5 Å². The van der Waals surface area contributed by atoms with Crippen LogP contribution in [0.25, 0.3) is 11.1 Å². The number of aromatic nitrogens is 2. The van der Waals surface area contributed by atoms with Crippen molar-refractivity contribution in [2.75, 3.05) is 44.7 Å². The normalized spacial score (nSPS) is 14.5. The van der Waals surface area contributed by atoms with Crippen LogP contribution in [-0.2, 0) is 11.3 Å². The Labute approximate surface area is 228 Å². The molecule has 0 spiro atoms. The van der Waals surface area contributed by atoms with Gasteiger partial charge in [0.2, 0.25) is 5.95 Å². The first-order valence-electron chi connectivity index (χ1n) is 12.9. The van der Waals surface area contributed by atoms with Gasteiger partial charge in [-0.05, 0) is 54.7 Å². The Balaban J connectivity index is 1.26. The van der Waals surface area contributed by atoms with Gasteiger partial charge in [-0.1, -0.05) is 42.5 Å². The van der Waals surface area contributed by atoms with Crippen LogP contribution in [0.3, 0.4) is 0 Å². The van der Waals surface area contributed by atoms with E-state index >= 15 is 0 Å². The zero-order valence-electron chi connectivity index (χ0n) is 21.9. The molecule has 1 saturated heterocycles. The predicted molar refractivity (Wildman–Crippen MR) is 152 cm³/mol. The highest BCUT2D eigenvalue weighted by atomic mass is 32.1. The van der Waals surface area contributed by atoms with Crippen LogP contribution < -0.4 is 9.64 Å². The molecule has 3 heterocycles. The van der Waals surface area contributed by atoms with Crippen molar-refractivity contribution < 1.29 is 9.53 Å². The van der Waals surface area contributed by atoms with Crippen LogP contribution in [0, 0.1) is 0 Å². The fourth-order valence-corrected chi connectivity index (χ4v) is 5.50. The van der Waals surface area contributed by atoms with Gasteiger partial charge in [-0.25, -0.2) is 9.97 Å². The fraction of sp³-hybridized carbons (Fsp3) is 0.300. The Morgan fingerprint density at radius 1 is 0.974 bits per heavy atom. The molecule has 7 nitrogen and oxygen atoms in total. The van der Waals surface area contributed by atoms with Crippen LogP contribution in [0.1, 0.15) is 23.4 Å². The first kappa shape index (κ1) is 25.9. The number of carbonyl (C=O) groups is 1. The molecule has 2 aromatic heterocycles. The number of anilines is 1. The third kappa shape index (κ3) is 6.20. The van der Waals surface area contributed by atoms with Gasteiger partial charge in [0, 0.05) is 61.6 Å². The van der Waals surface area contributed by atoms with E-state index in [1.165, 1.54) is 4.88 Å². The fourth-order valence-electron chi connectivity index (χ4n) is 4.65. The first-order chi connectivity index (χ1) is 18.6. The van der Waals surface area contributed by atoms with Gasteiger partial charge in [-0.2, -0.15) is 0 Å². The smallest absolute Gasteiger partial charge is 0.260 e. The van der Waals surface area contributed by atoms with E-state index < -0.39 is 0 Å². The van der Waals surface area contributed by atoms with Crippen LogP contribution in [0.5, 0.6) is 5.75 Å². The molecule has 1 fully saturated rings. The number of piperazine rings is 1.